The standard InChI is InChI=1S/C14H29N3O/c1-5-12(6-2)11-16-13(18)14(3,4)17-9-7-15-8-10-17/h12,15H,5-11H2,1-4H3,(H,16,18). The molecule has 0 bridgehead atoms. The molecule has 4 nitrogen and oxygen atoms in total. The van der Waals surface area contributed by atoms with Gasteiger partial charge in [-0.1, -0.05) is 26.7 Å². The molecule has 18 heavy (non-hydrogen) atoms. The van der Waals surface area contributed by atoms with Crippen LogP contribution in [-0.4, -0.2) is 49.1 Å². The summed E-state index contributed by atoms with van der Waals surface area (Å²) in [5.74, 6) is 0.768. The largest absolute Gasteiger partial charge is 0.354 e. The van der Waals surface area contributed by atoms with E-state index in [-0.39, 0.29) is 5.91 Å². The van der Waals surface area contributed by atoms with E-state index in [1.807, 2.05) is 13.8 Å². The Bertz CT molecular complexity index is 256. The monoisotopic (exact) mass is 255 g/mol. The molecular weight excluding hydrogens is 226 g/mol. The van der Waals surface area contributed by atoms with Crippen LogP contribution >= 0.6 is 0 Å². The van der Waals surface area contributed by atoms with Gasteiger partial charge in [0.2, 0.25) is 5.91 Å². The molecular formula is C14H29N3O. The Morgan fingerprint density at radius 3 is 2.33 bits per heavy atom. The zero-order valence-electron chi connectivity index (χ0n) is 12.4. The highest BCUT2D eigenvalue weighted by Crippen LogP contribution is 2.15. The summed E-state index contributed by atoms with van der Waals surface area (Å²) in [4.78, 5) is 14.6. The van der Waals surface area contributed by atoms with Crippen molar-refractivity contribution in [3.05, 3.63) is 0 Å². The molecule has 0 unspecified atom stereocenters. The molecule has 0 aromatic carbocycles. The molecule has 0 spiro atoms. The fourth-order valence-corrected chi connectivity index (χ4v) is 2.40. The SMILES string of the molecule is CCC(CC)CNC(=O)C(C)(C)N1CCNCC1. The second-order valence-corrected chi connectivity index (χ2v) is 5.69. The van der Waals surface area contributed by atoms with E-state index in [1.54, 1.807) is 0 Å². The summed E-state index contributed by atoms with van der Waals surface area (Å²) in [5.41, 5.74) is -0.395. The third kappa shape index (κ3) is 3.95. The van der Waals surface area contributed by atoms with Crippen molar-refractivity contribution in [2.24, 2.45) is 5.92 Å². The number of nitrogens with one attached hydrogen (secondary N) is 2. The number of carbonyl (C=O) groups excluding carboxylic acids is 1. The Balaban J connectivity index is 2.47. The van der Waals surface area contributed by atoms with Crippen LogP contribution in [0.25, 0.3) is 0 Å². The van der Waals surface area contributed by atoms with Crippen molar-refractivity contribution >= 4 is 5.91 Å². The second kappa shape index (κ2) is 7.10. The van der Waals surface area contributed by atoms with Crippen LogP contribution in [-0.2, 0) is 4.79 Å². The van der Waals surface area contributed by atoms with Gasteiger partial charge in [-0.15, -0.1) is 0 Å². The first-order valence-electron chi connectivity index (χ1n) is 7.26. The fraction of sp³-hybridized carbons (Fsp3) is 0.929. The number of carbonyl (C=O) groups is 1. The van der Waals surface area contributed by atoms with Crippen molar-refractivity contribution in [1.82, 2.24) is 15.5 Å². The molecule has 0 atom stereocenters. The molecule has 0 aliphatic carbocycles. The predicted molar refractivity (Wildman–Crippen MR) is 75.6 cm³/mol. The van der Waals surface area contributed by atoms with E-state index >= 15 is 0 Å². The predicted octanol–water partition coefficient (Wildman–Crippen LogP) is 1.22. The molecule has 1 saturated heterocycles. The maximum Gasteiger partial charge on any atom is 0.239 e. The van der Waals surface area contributed by atoms with Crippen molar-refractivity contribution in [3.63, 3.8) is 0 Å². The summed E-state index contributed by atoms with van der Waals surface area (Å²) < 4.78 is 0. The van der Waals surface area contributed by atoms with Gasteiger partial charge in [-0.05, 0) is 19.8 Å². The van der Waals surface area contributed by atoms with Crippen molar-refractivity contribution in [2.45, 2.75) is 46.1 Å². The third-order valence-corrected chi connectivity index (χ3v) is 4.17. The number of rotatable bonds is 6. The molecule has 1 amide bonds. The van der Waals surface area contributed by atoms with Gasteiger partial charge < -0.3 is 10.6 Å². The van der Waals surface area contributed by atoms with Crippen LogP contribution in [0.3, 0.4) is 0 Å². The maximum atomic E-state index is 12.3. The first kappa shape index (κ1) is 15.4. The summed E-state index contributed by atoms with van der Waals surface area (Å²) in [7, 11) is 0. The Kier molecular flexibility index (Phi) is 6.09. The van der Waals surface area contributed by atoms with Crippen LogP contribution in [0.5, 0.6) is 0 Å². The summed E-state index contributed by atoms with van der Waals surface area (Å²) in [5, 5.41) is 6.44. The van der Waals surface area contributed by atoms with E-state index in [1.165, 1.54) is 0 Å². The van der Waals surface area contributed by atoms with Crippen LogP contribution in [0.15, 0.2) is 0 Å². The summed E-state index contributed by atoms with van der Waals surface area (Å²) in [6.45, 7) is 13.1. The minimum absolute atomic E-state index is 0.163. The molecule has 1 heterocycles. The molecule has 1 rings (SSSR count). The Morgan fingerprint density at radius 2 is 1.83 bits per heavy atom. The highest BCUT2D eigenvalue weighted by Gasteiger charge is 2.34. The number of amides is 1. The lowest BCUT2D eigenvalue weighted by molar-refractivity contribution is -0.132. The van der Waals surface area contributed by atoms with Gasteiger partial charge in [-0.2, -0.15) is 0 Å². The molecule has 2 N–H and O–H groups in total. The van der Waals surface area contributed by atoms with Crippen LogP contribution in [0, 0.1) is 5.92 Å². The van der Waals surface area contributed by atoms with Crippen molar-refractivity contribution in [2.75, 3.05) is 32.7 Å². The minimum Gasteiger partial charge on any atom is -0.354 e. The van der Waals surface area contributed by atoms with E-state index in [4.69, 9.17) is 0 Å². The van der Waals surface area contributed by atoms with E-state index in [9.17, 15) is 4.79 Å². The van der Waals surface area contributed by atoms with Gasteiger partial charge in [-0.25, -0.2) is 0 Å². The molecule has 106 valence electrons. The normalized spacial score (nSPS) is 18.1. The lowest BCUT2D eigenvalue weighted by Crippen LogP contribution is -2.60. The number of piperazine rings is 1. The zero-order chi connectivity index (χ0) is 13.6. The summed E-state index contributed by atoms with van der Waals surface area (Å²) in [6, 6.07) is 0. The molecule has 0 aromatic heterocycles. The summed E-state index contributed by atoms with van der Waals surface area (Å²) in [6.07, 6.45) is 2.26. The second-order valence-electron chi connectivity index (χ2n) is 5.69. The van der Waals surface area contributed by atoms with Crippen LogP contribution in [0.2, 0.25) is 0 Å². The minimum atomic E-state index is -0.395. The van der Waals surface area contributed by atoms with E-state index in [2.05, 4.69) is 29.4 Å². The molecule has 0 radical (unpaired) electrons. The highest BCUT2D eigenvalue weighted by atomic mass is 16.2. The van der Waals surface area contributed by atoms with Gasteiger partial charge in [0, 0.05) is 32.7 Å². The van der Waals surface area contributed by atoms with Gasteiger partial charge in [0.1, 0.15) is 0 Å². The first-order chi connectivity index (χ1) is 8.52. The highest BCUT2D eigenvalue weighted by molar-refractivity contribution is 5.85. The first-order valence-corrected chi connectivity index (χ1v) is 7.26. The van der Waals surface area contributed by atoms with Gasteiger partial charge in [0.25, 0.3) is 0 Å². The van der Waals surface area contributed by atoms with Crippen LogP contribution in [0.1, 0.15) is 40.5 Å². The molecule has 0 saturated carbocycles. The number of hydrogen-bond acceptors (Lipinski definition) is 3. The average molecular weight is 255 g/mol. The van der Waals surface area contributed by atoms with Gasteiger partial charge >= 0.3 is 0 Å². The molecule has 1 aliphatic heterocycles. The lowest BCUT2D eigenvalue weighted by atomic mass is 9.99. The van der Waals surface area contributed by atoms with Crippen molar-refractivity contribution in [3.8, 4) is 0 Å². The van der Waals surface area contributed by atoms with Crippen LogP contribution < -0.4 is 10.6 Å². The average Bonchev–Trinajstić information content (AvgIpc) is 2.40. The van der Waals surface area contributed by atoms with E-state index < -0.39 is 5.54 Å². The molecule has 0 aromatic rings. The van der Waals surface area contributed by atoms with Crippen molar-refractivity contribution in [1.29, 1.82) is 0 Å². The maximum absolute atomic E-state index is 12.3. The molecule has 1 aliphatic rings. The molecule has 1 fully saturated rings. The van der Waals surface area contributed by atoms with Crippen molar-refractivity contribution < 1.29 is 4.79 Å². The number of hydrogen-bond donors (Lipinski definition) is 2. The Morgan fingerprint density at radius 1 is 1.28 bits per heavy atom. The lowest BCUT2D eigenvalue weighted by Gasteiger charge is -2.40. The van der Waals surface area contributed by atoms with Gasteiger partial charge in [0.05, 0.1) is 5.54 Å². The van der Waals surface area contributed by atoms with E-state index in [0.29, 0.717) is 5.92 Å². The van der Waals surface area contributed by atoms with Crippen LogP contribution in [0.4, 0.5) is 0 Å². The van der Waals surface area contributed by atoms with E-state index in [0.717, 1.165) is 45.6 Å². The summed E-state index contributed by atoms with van der Waals surface area (Å²) >= 11 is 0. The zero-order valence-corrected chi connectivity index (χ0v) is 12.4. The number of nitrogens with zero attached hydrogens (tertiary/aromatic N) is 1. The third-order valence-electron chi connectivity index (χ3n) is 4.17. The van der Waals surface area contributed by atoms with Gasteiger partial charge in [0.15, 0.2) is 0 Å². The molecule has 4 heteroatoms. The fourth-order valence-electron chi connectivity index (χ4n) is 2.40. The smallest absolute Gasteiger partial charge is 0.239 e. The Labute approximate surface area is 111 Å². The Hall–Kier alpha value is -0.610. The topological polar surface area (TPSA) is 44.4 Å². The van der Waals surface area contributed by atoms with Gasteiger partial charge in [-0.3, -0.25) is 9.69 Å². The quantitative estimate of drug-likeness (QED) is 0.750.